The average molecular weight is 476 g/mol. The number of hydrogen-bond donors (Lipinski definition) is 0. The van der Waals surface area contributed by atoms with Crippen molar-refractivity contribution in [2.75, 3.05) is 60.0 Å². The lowest BCUT2D eigenvalue weighted by Gasteiger charge is -2.34. The fraction of sp³-hybridized carbons (Fsp3) is 0.480. The summed E-state index contributed by atoms with van der Waals surface area (Å²) in [5.74, 6) is 1.11. The van der Waals surface area contributed by atoms with Crippen LogP contribution in [0.4, 0.5) is 0 Å². The van der Waals surface area contributed by atoms with Crippen molar-refractivity contribution in [3.05, 3.63) is 53.6 Å². The van der Waals surface area contributed by atoms with Crippen LogP contribution in [0.1, 0.15) is 19.3 Å². The maximum absolute atomic E-state index is 11.8. The summed E-state index contributed by atoms with van der Waals surface area (Å²) >= 11 is 7.66. The summed E-state index contributed by atoms with van der Waals surface area (Å²) in [5.41, 5.74) is 0. The van der Waals surface area contributed by atoms with Crippen LogP contribution in [-0.2, 0) is 4.79 Å². The first kappa shape index (κ1) is 24.9. The Bertz CT molecular complexity index is 822. The summed E-state index contributed by atoms with van der Waals surface area (Å²) in [5, 5.41) is 0.758. The number of amides is 1. The number of benzene rings is 2. The van der Waals surface area contributed by atoms with Gasteiger partial charge in [-0.25, -0.2) is 0 Å². The monoisotopic (exact) mass is 475 g/mol. The summed E-state index contributed by atoms with van der Waals surface area (Å²) in [7, 11) is 3.64. The van der Waals surface area contributed by atoms with Crippen molar-refractivity contribution >= 4 is 29.3 Å². The Labute approximate surface area is 201 Å². The number of carbonyl (C=O) groups excluding carboxylic acids is 1. The van der Waals surface area contributed by atoms with Gasteiger partial charge in [-0.1, -0.05) is 23.4 Å². The lowest BCUT2D eigenvalue weighted by Crippen LogP contribution is -2.49. The Kier molecular flexibility index (Phi) is 10.2. The SMILES string of the molecule is CN(C)C(=O)CN1CCN(CCCCCOc2ccc(Sc3ccc(Cl)cc3)cc2)CC1. The third kappa shape index (κ3) is 8.66. The predicted molar refractivity (Wildman–Crippen MR) is 133 cm³/mol. The standard InChI is InChI=1S/C25H34ClN3O2S/c1-27(2)25(30)20-29-17-15-28(16-18-29)14-4-3-5-19-31-22-8-12-24(13-9-22)32-23-10-6-21(26)7-11-23/h6-13H,3-5,14-20H2,1-2H3. The zero-order chi connectivity index (χ0) is 22.8. The molecule has 0 N–H and O–H groups in total. The van der Waals surface area contributed by atoms with E-state index in [1.165, 1.54) is 22.6 Å². The lowest BCUT2D eigenvalue weighted by molar-refractivity contribution is -0.130. The minimum atomic E-state index is 0.188. The maximum atomic E-state index is 11.8. The van der Waals surface area contributed by atoms with Crippen LogP contribution in [0.3, 0.4) is 0 Å². The van der Waals surface area contributed by atoms with Crippen LogP contribution < -0.4 is 4.74 Å². The van der Waals surface area contributed by atoms with E-state index in [2.05, 4.69) is 21.9 Å². The van der Waals surface area contributed by atoms with E-state index in [9.17, 15) is 4.79 Å². The Balaban J connectivity index is 1.24. The van der Waals surface area contributed by atoms with Gasteiger partial charge in [0.1, 0.15) is 5.75 Å². The van der Waals surface area contributed by atoms with Gasteiger partial charge < -0.3 is 14.5 Å². The summed E-state index contributed by atoms with van der Waals surface area (Å²) < 4.78 is 5.91. The van der Waals surface area contributed by atoms with E-state index in [-0.39, 0.29) is 5.91 Å². The third-order valence-corrected chi connectivity index (χ3v) is 6.85. The molecule has 1 aliphatic rings. The second-order valence-corrected chi connectivity index (χ2v) is 9.93. The third-order valence-electron chi connectivity index (χ3n) is 5.58. The molecule has 5 nitrogen and oxygen atoms in total. The zero-order valence-corrected chi connectivity index (χ0v) is 20.7. The van der Waals surface area contributed by atoms with Gasteiger partial charge >= 0.3 is 0 Å². The summed E-state index contributed by atoms with van der Waals surface area (Å²) in [6.45, 7) is 6.49. The van der Waals surface area contributed by atoms with Crippen LogP contribution in [-0.4, -0.2) is 80.6 Å². The number of ether oxygens (including phenoxy) is 1. The number of likely N-dealkylation sites (N-methyl/N-ethyl adjacent to an activating group) is 1. The normalized spacial score (nSPS) is 15.0. The first-order chi connectivity index (χ1) is 15.5. The first-order valence-electron chi connectivity index (χ1n) is 11.3. The fourth-order valence-corrected chi connectivity index (χ4v) is 4.49. The van der Waals surface area contributed by atoms with Crippen LogP contribution in [0.2, 0.25) is 5.02 Å². The van der Waals surface area contributed by atoms with Gasteiger partial charge in [0, 0.05) is 55.1 Å². The van der Waals surface area contributed by atoms with Gasteiger partial charge in [0.25, 0.3) is 0 Å². The molecule has 1 amide bonds. The Morgan fingerprint density at radius 1 is 0.906 bits per heavy atom. The van der Waals surface area contributed by atoms with E-state index < -0.39 is 0 Å². The van der Waals surface area contributed by atoms with Gasteiger partial charge in [-0.05, 0) is 74.3 Å². The van der Waals surface area contributed by atoms with Crippen molar-refractivity contribution in [3.8, 4) is 5.75 Å². The molecule has 1 heterocycles. The Hall–Kier alpha value is -1.73. The minimum Gasteiger partial charge on any atom is -0.494 e. The van der Waals surface area contributed by atoms with Crippen molar-refractivity contribution in [2.24, 2.45) is 0 Å². The van der Waals surface area contributed by atoms with Crippen LogP contribution >= 0.6 is 23.4 Å². The van der Waals surface area contributed by atoms with E-state index in [4.69, 9.17) is 16.3 Å². The Morgan fingerprint density at radius 2 is 1.50 bits per heavy atom. The second kappa shape index (κ2) is 13.1. The number of unbranched alkanes of at least 4 members (excludes halogenated alkanes) is 2. The van der Waals surface area contributed by atoms with Gasteiger partial charge in [-0.2, -0.15) is 0 Å². The first-order valence-corrected chi connectivity index (χ1v) is 12.5. The van der Waals surface area contributed by atoms with Gasteiger partial charge in [0.05, 0.1) is 13.2 Å². The van der Waals surface area contributed by atoms with E-state index in [1.807, 2.05) is 50.5 Å². The molecular formula is C25H34ClN3O2S. The van der Waals surface area contributed by atoms with Crippen LogP contribution in [0.25, 0.3) is 0 Å². The number of piperazine rings is 1. The molecule has 2 aromatic rings. The van der Waals surface area contributed by atoms with E-state index in [1.54, 1.807) is 16.7 Å². The van der Waals surface area contributed by atoms with Crippen LogP contribution in [0.5, 0.6) is 5.75 Å². The molecule has 0 radical (unpaired) electrons. The molecule has 1 fully saturated rings. The molecule has 174 valence electrons. The van der Waals surface area contributed by atoms with E-state index in [0.717, 1.165) is 56.5 Å². The highest BCUT2D eigenvalue weighted by molar-refractivity contribution is 7.99. The quantitative estimate of drug-likeness (QED) is 0.438. The maximum Gasteiger partial charge on any atom is 0.236 e. The molecule has 0 bridgehead atoms. The molecule has 2 aromatic carbocycles. The smallest absolute Gasteiger partial charge is 0.236 e. The van der Waals surface area contributed by atoms with Crippen molar-refractivity contribution in [1.29, 1.82) is 0 Å². The average Bonchev–Trinajstić information content (AvgIpc) is 2.79. The molecule has 1 saturated heterocycles. The molecule has 3 rings (SSSR count). The van der Waals surface area contributed by atoms with Crippen molar-refractivity contribution in [2.45, 2.75) is 29.1 Å². The minimum absolute atomic E-state index is 0.188. The highest BCUT2D eigenvalue weighted by Crippen LogP contribution is 2.29. The van der Waals surface area contributed by atoms with Crippen molar-refractivity contribution < 1.29 is 9.53 Å². The number of halogens is 1. The fourth-order valence-electron chi connectivity index (χ4n) is 3.55. The summed E-state index contributed by atoms with van der Waals surface area (Å²) in [4.78, 5) is 20.6. The molecule has 0 atom stereocenters. The summed E-state index contributed by atoms with van der Waals surface area (Å²) in [6, 6.07) is 16.2. The van der Waals surface area contributed by atoms with Gasteiger partial charge in [0.2, 0.25) is 5.91 Å². The van der Waals surface area contributed by atoms with Crippen LogP contribution in [0.15, 0.2) is 58.3 Å². The second-order valence-electron chi connectivity index (χ2n) is 8.34. The molecule has 0 saturated carbocycles. The molecule has 0 unspecified atom stereocenters. The molecule has 0 aromatic heterocycles. The van der Waals surface area contributed by atoms with Gasteiger partial charge in [-0.15, -0.1) is 0 Å². The van der Waals surface area contributed by atoms with Gasteiger partial charge in [0.15, 0.2) is 0 Å². The predicted octanol–water partition coefficient (Wildman–Crippen LogP) is 4.75. The highest BCUT2D eigenvalue weighted by atomic mass is 35.5. The van der Waals surface area contributed by atoms with Crippen molar-refractivity contribution in [1.82, 2.24) is 14.7 Å². The molecule has 0 aliphatic carbocycles. The number of rotatable bonds is 11. The van der Waals surface area contributed by atoms with Gasteiger partial charge in [-0.3, -0.25) is 9.69 Å². The lowest BCUT2D eigenvalue weighted by atomic mass is 10.2. The molecule has 7 heteroatoms. The number of carbonyl (C=O) groups is 1. The number of nitrogens with zero attached hydrogens (tertiary/aromatic N) is 3. The van der Waals surface area contributed by atoms with E-state index >= 15 is 0 Å². The highest BCUT2D eigenvalue weighted by Gasteiger charge is 2.19. The van der Waals surface area contributed by atoms with Crippen LogP contribution in [0, 0.1) is 0 Å². The Morgan fingerprint density at radius 3 is 2.12 bits per heavy atom. The topological polar surface area (TPSA) is 36.0 Å². The molecule has 32 heavy (non-hydrogen) atoms. The molecule has 0 spiro atoms. The van der Waals surface area contributed by atoms with Crippen molar-refractivity contribution in [3.63, 3.8) is 0 Å². The molecular weight excluding hydrogens is 442 g/mol. The van der Waals surface area contributed by atoms with E-state index in [0.29, 0.717) is 6.54 Å². The largest absolute Gasteiger partial charge is 0.494 e. The number of hydrogen-bond acceptors (Lipinski definition) is 5. The molecule has 1 aliphatic heterocycles. The summed E-state index contributed by atoms with van der Waals surface area (Å²) in [6.07, 6.45) is 3.43. The zero-order valence-electron chi connectivity index (χ0n) is 19.1.